The summed E-state index contributed by atoms with van der Waals surface area (Å²) in [5.74, 6) is -14.5. The topological polar surface area (TPSA) is 18.5 Å². The Balaban J connectivity index is 1.76. The van der Waals surface area contributed by atoms with Crippen LogP contribution in [0.15, 0.2) is 42.2 Å². The molecule has 1 saturated carbocycles. The van der Waals surface area contributed by atoms with Crippen LogP contribution in [0.2, 0.25) is 0 Å². The number of hydrogen-bond acceptors (Lipinski definition) is 2. The van der Waals surface area contributed by atoms with Crippen molar-refractivity contribution in [1.29, 1.82) is 0 Å². The molecule has 0 N–H and O–H groups in total. The van der Waals surface area contributed by atoms with E-state index in [1.807, 2.05) is 0 Å². The van der Waals surface area contributed by atoms with Gasteiger partial charge in [-0.1, -0.05) is 39.0 Å². The molecule has 3 rings (SSSR count). The van der Waals surface area contributed by atoms with Gasteiger partial charge in [0, 0.05) is 23.6 Å². The Morgan fingerprint density at radius 2 is 1.36 bits per heavy atom. The second-order valence-electron chi connectivity index (χ2n) is 10.0. The van der Waals surface area contributed by atoms with E-state index in [-0.39, 0.29) is 24.3 Å². The van der Waals surface area contributed by atoms with E-state index in [1.165, 1.54) is 0 Å². The summed E-state index contributed by atoms with van der Waals surface area (Å²) in [5.41, 5.74) is -3.06. The Labute approximate surface area is 234 Å². The van der Waals surface area contributed by atoms with Crippen LogP contribution in [-0.4, -0.2) is 0 Å². The van der Waals surface area contributed by atoms with Crippen LogP contribution < -0.4 is 9.47 Å². The van der Waals surface area contributed by atoms with Crippen LogP contribution in [0.3, 0.4) is 0 Å². The normalized spacial score (nSPS) is 18.0. The van der Waals surface area contributed by atoms with E-state index in [4.69, 9.17) is 0 Å². The number of hydrogen-bond donors (Lipinski definition) is 0. The van der Waals surface area contributed by atoms with Crippen LogP contribution >= 0.6 is 0 Å². The Kier molecular flexibility index (Phi) is 11.3. The van der Waals surface area contributed by atoms with Crippen LogP contribution in [0.25, 0.3) is 5.83 Å². The predicted octanol–water partition coefficient (Wildman–Crippen LogP) is 11.2. The van der Waals surface area contributed by atoms with Crippen LogP contribution in [0.4, 0.5) is 48.3 Å². The lowest BCUT2D eigenvalue weighted by atomic mass is 9.79. The van der Waals surface area contributed by atoms with Gasteiger partial charge in [0.1, 0.15) is 28.8 Å². The van der Waals surface area contributed by atoms with Crippen molar-refractivity contribution < 1.29 is 57.8 Å². The van der Waals surface area contributed by atoms with E-state index < -0.39 is 81.7 Å². The number of unbranched alkanes of at least 4 members (excludes halogenated alkanes) is 3. The fourth-order valence-electron chi connectivity index (χ4n) is 4.88. The molecule has 0 atom stereocenters. The van der Waals surface area contributed by atoms with Gasteiger partial charge in [-0.05, 0) is 43.7 Å². The Bertz CT molecular complexity index is 1260. The van der Waals surface area contributed by atoms with Crippen molar-refractivity contribution >= 4 is 5.83 Å². The Morgan fingerprint density at radius 1 is 0.786 bits per heavy atom. The van der Waals surface area contributed by atoms with E-state index in [2.05, 4.69) is 16.4 Å². The molecule has 0 amide bonds. The van der Waals surface area contributed by atoms with Gasteiger partial charge in [0.15, 0.2) is 17.5 Å². The third-order valence-corrected chi connectivity index (χ3v) is 7.03. The van der Waals surface area contributed by atoms with Gasteiger partial charge < -0.3 is 9.47 Å². The first-order valence-corrected chi connectivity index (χ1v) is 13.2. The standard InChI is InChI=1S/C29H27F11O2/c1-2-3-4-5-6-15-7-9-16(10-8-15)24(34)25(35)17-11-19(30)23(20(31)12-17)29(39,40)42-18-13-21(32)26(22(33)14-18)41-28(38)27(36)37/h11-16H,2-10H2,1H3/b25-24+. The van der Waals surface area contributed by atoms with Crippen molar-refractivity contribution in [2.45, 2.75) is 70.8 Å². The number of rotatable bonds is 12. The van der Waals surface area contributed by atoms with Gasteiger partial charge in [-0.2, -0.15) is 22.0 Å². The first kappa shape index (κ1) is 33.3. The number of benzene rings is 2. The van der Waals surface area contributed by atoms with Crippen molar-refractivity contribution in [2.24, 2.45) is 11.8 Å². The highest BCUT2D eigenvalue weighted by atomic mass is 19.3. The third-order valence-electron chi connectivity index (χ3n) is 7.03. The molecule has 0 radical (unpaired) electrons. The van der Waals surface area contributed by atoms with E-state index in [0.29, 0.717) is 31.6 Å². The van der Waals surface area contributed by atoms with Gasteiger partial charge in [-0.3, -0.25) is 0 Å². The zero-order valence-corrected chi connectivity index (χ0v) is 22.3. The van der Waals surface area contributed by atoms with Gasteiger partial charge in [0.25, 0.3) is 0 Å². The van der Waals surface area contributed by atoms with Gasteiger partial charge in [0.05, 0.1) is 0 Å². The monoisotopic (exact) mass is 616 g/mol. The average molecular weight is 617 g/mol. The largest absolute Gasteiger partial charge is 0.432 e. The maximum absolute atomic E-state index is 14.9. The van der Waals surface area contributed by atoms with Crippen LogP contribution in [0.1, 0.15) is 75.8 Å². The molecule has 0 aromatic heterocycles. The van der Waals surface area contributed by atoms with Crippen molar-refractivity contribution in [2.75, 3.05) is 0 Å². The predicted molar refractivity (Wildman–Crippen MR) is 132 cm³/mol. The minimum absolute atomic E-state index is 0.0440. The van der Waals surface area contributed by atoms with E-state index in [0.717, 1.165) is 32.1 Å². The molecule has 0 saturated heterocycles. The molecule has 0 unspecified atom stereocenters. The van der Waals surface area contributed by atoms with Crippen LogP contribution in [0.5, 0.6) is 11.5 Å². The summed E-state index contributed by atoms with van der Waals surface area (Å²) >= 11 is 0. The lowest BCUT2D eigenvalue weighted by Crippen LogP contribution is -2.25. The summed E-state index contributed by atoms with van der Waals surface area (Å²) in [5, 5.41) is 0. The van der Waals surface area contributed by atoms with Crippen molar-refractivity contribution in [1.82, 2.24) is 0 Å². The highest BCUT2D eigenvalue weighted by molar-refractivity contribution is 5.62. The highest BCUT2D eigenvalue weighted by Crippen LogP contribution is 2.42. The summed E-state index contributed by atoms with van der Waals surface area (Å²) < 4.78 is 161. The van der Waals surface area contributed by atoms with Crippen LogP contribution in [0, 0.1) is 35.1 Å². The van der Waals surface area contributed by atoms with Gasteiger partial charge >= 0.3 is 18.2 Å². The molecule has 13 heteroatoms. The van der Waals surface area contributed by atoms with Gasteiger partial charge in [-0.15, -0.1) is 0 Å². The molecule has 2 nitrogen and oxygen atoms in total. The molecule has 0 bridgehead atoms. The molecule has 0 heterocycles. The minimum Gasteiger partial charge on any atom is -0.429 e. The van der Waals surface area contributed by atoms with Crippen molar-refractivity contribution in [3.63, 3.8) is 0 Å². The van der Waals surface area contributed by atoms with Gasteiger partial charge in [-0.25, -0.2) is 26.3 Å². The van der Waals surface area contributed by atoms with E-state index >= 15 is 0 Å². The fraction of sp³-hybridized carbons (Fsp3) is 0.448. The maximum atomic E-state index is 14.9. The zero-order valence-electron chi connectivity index (χ0n) is 22.3. The zero-order chi connectivity index (χ0) is 31.2. The number of halogens is 11. The first-order chi connectivity index (χ1) is 19.7. The summed E-state index contributed by atoms with van der Waals surface area (Å²) in [4.78, 5) is 0. The first-order valence-electron chi connectivity index (χ1n) is 13.2. The second-order valence-corrected chi connectivity index (χ2v) is 10.0. The quantitative estimate of drug-likeness (QED) is 0.134. The van der Waals surface area contributed by atoms with Crippen molar-refractivity contribution in [3.8, 4) is 11.5 Å². The maximum Gasteiger partial charge on any atom is 0.432 e. The lowest BCUT2D eigenvalue weighted by Gasteiger charge is -2.28. The molecule has 2 aromatic carbocycles. The van der Waals surface area contributed by atoms with E-state index in [1.54, 1.807) is 0 Å². The third kappa shape index (κ3) is 8.19. The van der Waals surface area contributed by atoms with Crippen LogP contribution in [-0.2, 0) is 6.11 Å². The summed E-state index contributed by atoms with van der Waals surface area (Å²) in [6.45, 7) is 2.09. The Morgan fingerprint density at radius 3 is 1.88 bits per heavy atom. The molecule has 232 valence electrons. The molecule has 1 aliphatic rings. The summed E-state index contributed by atoms with van der Waals surface area (Å²) in [7, 11) is 0. The van der Waals surface area contributed by atoms with Crippen molar-refractivity contribution in [3.05, 3.63) is 76.6 Å². The number of ether oxygens (including phenoxy) is 2. The average Bonchev–Trinajstić information content (AvgIpc) is 2.91. The molecule has 42 heavy (non-hydrogen) atoms. The minimum atomic E-state index is -4.96. The molecule has 2 aromatic rings. The number of allylic oxidation sites excluding steroid dienone is 1. The second kappa shape index (κ2) is 14.3. The molecule has 1 aliphatic carbocycles. The fourth-order valence-corrected chi connectivity index (χ4v) is 4.88. The lowest BCUT2D eigenvalue weighted by molar-refractivity contribution is -0.189. The molecule has 1 fully saturated rings. The number of alkyl halides is 2. The smallest absolute Gasteiger partial charge is 0.429 e. The SMILES string of the molecule is CCCCCCC1CCC(/C(F)=C(\F)c2cc(F)c(C(F)(F)Oc3cc(F)c(OC(F)=C(F)F)c(F)c3)c(F)c2)CC1. The van der Waals surface area contributed by atoms with E-state index in [9.17, 15) is 48.3 Å². The highest BCUT2D eigenvalue weighted by Gasteiger charge is 2.42. The molecule has 0 spiro atoms. The molecular weight excluding hydrogens is 589 g/mol. The molecule has 0 aliphatic heterocycles. The Hall–Kier alpha value is -3.25. The van der Waals surface area contributed by atoms with Gasteiger partial charge in [0.2, 0.25) is 5.75 Å². The summed E-state index contributed by atoms with van der Waals surface area (Å²) in [6, 6.07) is -2.50. The molecular formula is C29H27F11O2. The summed E-state index contributed by atoms with van der Waals surface area (Å²) in [6.07, 6.45) is -0.788.